The zero-order chi connectivity index (χ0) is 10.0. The number of nitrogen functional groups attached to an aromatic ring is 1. The van der Waals surface area contributed by atoms with Crippen molar-refractivity contribution < 1.29 is 9.18 Å². The van der Waals surface area contributed by atoms with Gasteiger partial charge in [-0.2, -0.15) is 5.26 Å². The third kappa shape index (κ3) is 1.64. The number of carbonyl (C=O) groups excluding carboxylic acids is 1. The van der Waals surface area contributed by atoms with Crippen LogP contribution >= 0.6 is 0 Å². The Morgan fingerprint density at radius 3 is 2.69 bits per heavy atom. The molecule has 3 nitrogen and oxygen atoms in total. The molecule has 0 saturated heterocycles. The molecular weight excluding hydrogens is 171 g/mol. The highest BCUT2D eigenvalue weighted by Crippen LogP contribution is 2.17. The first-order valence-corrected chi connectivity index (χ1v) is 3.56. The van der Waals surface area contributed by atoms with Gasteiger partial charge in [0.2, 0.25) is 0 Å². The summed E-state index contributed by atoms with van der Waals surface area (Å²) in [5, 5.41) is 8.55. The van der Waals surface area contributed by atoms with Gasteiger partial charge in [0, 0.05) is 0 Å². The van der Waals surface area contributed by atoms with Crippen molar-refractivity contribution in [3.05, 3.63) is 29.1 Å². The molecular formula is C9H7FN2O. The van der Waals surface area contributed by atoms with E-state index in [4.69, 9.17) is 11.0 Å². The lowest BCUT2D eigenvalue weighted by atomic mass is 10.1. The normalized spacial score (nSPS) is 9.31. The van der Waals surface area contributed by atoms with Crippen LogP contribution in [0.2, 0.25) is 0 Å². The minimum Gasteiger partial charge on any atom is -0.398 e. The summed E-state index contributed by atoms with van der Waals surface area (Å²) < 4.78 is 13.0. The molecule has 0 aliphatic rings. The third-order valence-electron chi connectivity index (χ3n) is 1.64. The lowest BCUT2D eigenvalue weighted by molar-refractivity contribution is 0.101. The van der Waals surface area contributed by atoms with Crippen molar-refractivity contribution >= 4 is 11.5 Å². The molecule has 1 rings (SSSR count). The Hall–Kier alpha value is -1.89. The molecule has 0 atom stereocenters. The molecule has 0 aliphatic carbocycles. The molecule has 1 aromatic rings. The van der Waals surface area contributed by atoms with Crippen LogP contribution < -0.4 is 5.73 Å². The van der Waals surface area contributed by atoms with Gasteiger partial charge in [-0.25, -0.2) is 4.39 Å². The van der Waals surface area contributed by atoms with Crippen molar-refractivity contribution in [2.75, 3.05) is 5.73 Å². The van der Waals surface area contributed by atoms with Gasteiger partial charge in [-0.3, -0.25) is 4.79 Å². The molecule has 0 unspecified atom stereocenters. The van der Waals surface area contributed by atoms with Crippen molar-refractivity contribution in [3.63, 3.8) is 0 Å². The summed E-state index contributed by atoms with van der Waals surface area (Å²) in [6, 6.07) is 3.91. The summed E-state index contributed by atoms with van der Waals surface area (Å²) in [5.41, 5.74) is 5.38. The molecule has 0 spiro atoms. The molecule has 66 valence electrons. The van der Waals surface area contributed by atoms with Crippen LogP contribution in [0.4, 0.5) is 10.1 Å². The maximum absolute atomic E-state index is 13.0. The van der Waals surface area contributed by atoms with Crippen molar-refractivity contribution in [3.8, 4) is 6.07 Å². The second-order valence-corrected chi connectivity index (χ2v) is 2.59. The molecule has 0 radical (unpaired) electrons. The number of benzene rings is 1. The van der Waals surface area contributed by atoms with Crippen LogP contribution in [-0.2, 0) is 0 Å². The second-order valence-electron chi connectivity index (χ2n) is 2.59. The van der Waals surface area contributed by atoms with Crippen molar-refractivity contribution in [2.24, 2.45) is 0 Å². The molecule has 2 N–H and O–H groups in total. The van der Waals surface area contributed by atoms with Crippen LogP contribution in [0.15, 0.2) is 12.1 Å². The highest BCUT2D eigenvalue weighted by Gasteiger charge is 2.10. The third-order valence-corrected chi connectivity index (χ3v) is 1.64. The smallest absolute Gasteiger partial charge is 0.162 e. The topological polar surface area (TPSA) is 66.9 Å². The number of nitriles is 1. The summed E-state index contributed by atoms with van der Waals surface area (Å²) in [6.07, 6.45) is 0. The first-order chi connectivity index (χ1) is 6.06. The van der Waals surface area contributed by atoms with Crippen molar-refractivity contribution in [2.45, 2.75) is 6.92 Å². The number of halogens is 1. The summed E-state index contributed by atoms with van der Waals surface area (Å²) in [4.78, 5) is 10.9. The van der Waals surface area contributed by atoms with E-state index in [1.807, 2.05) is 0 Å². The number of nitrogens with zero attached hydrogens (tertiary/aromatic N) is 1. The van der Waals surface area contributed by atoms with E-state index in [2.05, 4.69) is 0 Å². The number of rotatable bonds is 1. The summed E-state index contributed by atoms with van der Waals surface area (Å²) in [7, 11) is 0. The van der Waals surface area contributed by atoms with E-state index in [1.54, 1.807) is 6.07 Å². The Labute approximate surface area is 74.6 Å². The number of nitrogens with two attached hydrogens (primary N) is 1. The van der Waals surface area contributed by atoms with Crippen LogP contribution in [0, 0.1) is 17.1 Å². The minimum atomic E-state index is -0.691. The lowest BCUT2D eigenvalue weighted by Crippen LogP contribution is -2.01. The van der Waals surface area contributed by atoms with E-state index in [1.165, 1.54) is 6.92 Å². The first-order valence-electron chi connectivity index (χ1n) is 3.56. The second kappa shape index (κ2) is 3.23. The number of carbonyl (C=O) groups is 1. The molecule has 1 aromatic carbocycles. The van der Waals surface area contributed by atoms with Crippen LogP contribution in [0.3, 0.4) is 0 Å². The predicted octanol–water partition coefficient (Wildman–Crippen LogP) is 1.48. The van der Waals surface area contributed by atoms with Crippen LogP contribution in [0.25, 0.3) is 0 Å². The van der Waals surface area contributed by atoms with Crippen LogP contribution in [0.5, 0.6) is 0 Å². The zero-order valence-corrected chi connectivity index (χ0v) is 6.97. The maximum atomic E-state index is 13.0. The average Bonchev–Trinajstić information content (AvgIpc) is 2.03. The van der Waals surface area contributed by atoms with Gasteiger partial charge in [-0.1, -0.05) is 0 Å². The molecule has 0 aromatic heterocycles. The Balaban J connectivity index is 3.41. The molecule has 0 saturated carbocycles. The van der Waals surface area contributed by atoms with E-state index < -0.39 is 11.6 Å². The zero-order valence-electron chi connectivity index (χ0n) is 6.97. The number of anilines is 1. The Kier molecular flexibility index (Phi) is 2.29. The van der Waals surface area contributed by atoms with Gasteiger partial charge in [0.15, 0.2) is 5.78 Å². The molecule has 0 bridgehead atoms. The summed E-state index contributed by atoms with van der Waals surface area (Å²) in [5.74, 6) is -1.11. The molecule has 0 aliphatic heterocycles. The van der Waals surface area contributed by atoms with E-state index in [0.717, 1.165) is 12.1 Å². The SMILES string of the molecule is CC(=O)c1cc(C#N)c(N)cc1F. The molecule has 0 amide bonds. The van der Waals surface area contributed by atoms with Crippen molar-refractivity contribution in [1.82, 2.24) is 0 Å². The maximum Gasteiger partial charge on any atom is 0.162 e. The quantitative estimate of drug-likeness (QED) is 0.523. The van der Waals surface area contributed by atoms with Gasteiger partial charge in [0.05, 0.1) is 16.8 Å². The first kappa shape index (κ1) is 9.20. The molecule has 4 heteroatoms. The van der Waals surface area contributed by atoms with Gasteiger partial charge >= 0.3 is 0 Å². The van der Waals surface area contributed by atoms with Gasteiger partial charge in [-0.05, 0) is 19.1 Å². The summed E-state index contributed by atoms with van der Waals surface area (Å²) in [6.45, 7) is 1.23. The fraction of sp³-hybridized carbons (Fsp3) is 0.111. The van der Waals surface area contributed by atoms with Crippen LogP contribution in [0.1, 0.15) is 22.8 Å². The van der Waals surface area contributed by atoms with E-state index in [0.29, 0.717) is 0 Å². The Morgan fingerprint density at radius 2 is 2.23 bits per heavy atom. The van der Waals surface area contributed by atoms with E-state index in [-0.39, 0.29) is 16.8 Å². The Morgan fingerprint density at radius 1 is 1.62 bits per heavy atom. The largest absolute Gasteiger partial charge is 0.398 e. The van der Waals surface area contributed by atoms with Gasteiger partial charge in [0.1, 0.15) is 11.9 Å². The monoisotopic (exact) mass is 178 g/mol. The van der Waals surface area contributed by atoms with Gasteiger partial charge in [0.25, 0.3) is 0 Å². The molecule has 0 heterocycles. The standard InChI is InChI=1S/C9H7FN2O/c1-5(13)7-2-6(4-11)9(12)3-8(7)10/h2-3H,12H2,1H3. The summed E-state index contributed by atoms with van der Waals surface area (Å²) >= 11 is 0. The molecule has 0 fully saturated rings. The highest BCUT2D eigenvalue weighted by molar-refractivity contribution is 5.95. The fourth-order valence-corrected chi connectivity index (χ4v) is 0.955. The Bertz CT molecular complexity index is 407. The van der Waals surface area contributed by atoms with Gasteiger partial charge in [-0.15, -0.1) is 0 Å². The molecule has 13 heavy (non-hydrogen) atoms. The number of ketones is 1. The number of hydrogen-bond acceptors (Lipinski definition) is 3. The number of hydrogen-bond donors (Lipinski definition) is 1. The van der Waals surface area contributed by atoms with E-state index in [9.17, 15) is 9.18 Å². The highest BCUT2D eigenvalue weighted by atomic mass is 19.1. The van der Waals surface area contributed by atoms with Gasteiger partial charge < -0.3 is 5.73 Å². The van der Waals surface area contributed by atoms with Crippen molar-refractivity contribution in [1.29, 1.82) is 5.26 Å². The van der Waals surface area contributed by atoms with E-state index >= 15 is 0 Å². The minimum absolute atomic E-state index is 0.0463. The predicted molar refractivity (Wildman–Crippen MR) is 45.5 cm³/mol. The number of Topliss-reactive ketones (excluding diaryl/α,β-unsaturated/α-hetero) is 1. The average molecular weight is 178 g/mol. The fourth-order valence-electron chi connectivity index (χ4n) is 0.955. The lowest BCUT2D eigenvalue weighted by Gasteiger charge is -2.01. The van der Waals surface area contributed by atoms with Crippen LogP contribution in [-0.4, -0.2) is 5.78 Å².